The second-order valence-corrected chi connectivity index (χ2v) is 5.73. The van der Waals surface area contributed by atoms with Crippen molar-refractivity contribution >= 4 is 16.9 Å². The van der Waals surface area contributed by atoms with Crippen molar-refractivity contribution in [3.8, 4) is 0 Å². The van der Waals surface area contributed by atoms with Crippen LogP contribution >= 0.6 is 0 Å². The number of nitrogens with zero attached hydrogens (tertiary/aromatic N) is 2. The Morgan fingerprint density at radius 2 is 1.96 bits per heavy atom. The van der Waals surface area contributed by atoms with Crippen LogP contribution < -0.4 is 11.2 Å². The molecule has 7 heteroatoms. The number of rotatable bonds is 3. The van der Waals surface area contributed by atoms with Gasteiger partial charge in [-0.25, -0.2) is 14.3 Å². The van der Waals surface area contributed by atoms with E-state index in [-0.39, 0.29) is 17.9 Å². The molecule has 0 aliphatic carbocycles. The Balaban J connectivity index is 1.92. The number of carbonyl (C=O) groups is 1. The summed E-state index contributed by atoms with van der Waals surface area (Å²) >= 11 is 0. The van der Waals surface area contributed by atoms with E-state index in [0.717, 1.165) is 15.8 Å². The molecule has 3 aromatic rings. The van der Waals surface area contributed by atoms with Crippen molar-refractivity contribution in [3.05, 3.63) is 73.5 Å². The van der Waals surface area contributed by atoms with Gasteiger partial charge in [-0.3, -0.25) is 4.79 Å². The van der Waals surface area contributed by atoms with Crippen molar-refractivity contribution in [1.82, 2.24) is 9.78 Å². The molecule has 0 spiro atoms. The van der Waals surface area contributed by atoms with Gasteiger partial charge in [0.2, 0.25) is 0 Å². The zero-order valence-corrected chi connectivity index (χ0v) is 14.0. The summed E-state index contributed by atoms with van der Waals surface area (Å²) < 4.78 is 11.6. The third-order valence-corrected chi connectivity index (χ3v) is 4.05. The lowest BCUT2D eigenvalue weighted by Gasteiger charge is -2.09. The van der Waals surface area contributed by atoms with Crippen LogP contribution in [-0.4, -0.2) is 15.7 Å². The van der Waals surface area contributed by atoms with Crippen LogP contribution in [0.2, 0.25) is 0 Å². The van der Waals surface area contributed by atoms with Gasteiger partial charge in [-0.15, -0.1) is 0 Å². The first kappa shape index (κ1) is 16.6. The van der Waals surface area contributed by atoms with Crippen LogP contribution in [0.5, 0.6) is 0 Å². The van der Waals surface area contributed by atoms with E-state index in [1.165, 1.54) is 25.2 Å². The van der Waals surface area contributed by atoms with E-state index in [4.69, 9.17) is 9.15 Å². The molecule has 3 rings (SSSR count). The third kappa shape index (κ3) is 3.21. The predicted molar refractivity (Wildman–Crippen MR) is 90.6 cm³/mol. The Morgan fingerprint density at radius 1 is 1.20 bits per heavy atom. The van der Waals surface area contributed by atoms with Gasteiger partial charge in [0.1, 0.15) is 12.2 Å². The minimum atomic E-state index is -0.680. The van der Waals surface area contributed by atoms with E-state index in [9.17, 15) is 14.4 Å². The monoisotopic (exact) mass is 340 g/mol. The van der Waals surface area contributed by atoms with Crippen LogP contribution in [0, 0.1) is 13.8 Å². The second kappa shape index (κ2) is 6.35. The minimum Gasteiger partial charge on any atom is -0.456 e. The molecule has 7 nitrogen and oxygen atoms in total. The standard InChI is InChI=1S/C18H16N2O5/c1-10-4-5-13-12(8-16(22)25-17(13)11(10)2)9-24-18(23)14-6-7-15(21)20(3)19-14/h4-8H,9H2,1-3H3. The van der Waals surface area contributed by atoms with Crippen LogP contribution in [-0.2, 0) is 18.4 Å². The first-order valence-corrected chi connectivity index (χ1v) is 7.61. The first-order valence-electron chi connectivity index (χ1n) is 7.61. The molecule has 128 valence electrons. The lowest BCUT2D eigenvalue weighted by atomic mass is 10.0. The number of aryl methyl sites for hydroxylation is 3. The summed E-state index contributed by atoms with van der Waals surface area (Å²) in [5, 5.41) is 4.55. The molecule has 0 atom stereocenters. The molecule has 1 aromatic carbocycles. The first-order chi connectivity index (χ1) is 11.9. The van der Waals surface area contributed by atoms with Crippen LogP contribution in [0.3, 0.4) is 0 Å². The van der Waals surface area contributed by atoms with E-state index in [1.807, 2.05) is 26.0 Å². The van der Waals surface area contributed by atoms with Gasteiger partial charge in [0.15, 0.2) is 5.69 Å². The lowest BCUT2D eigenvalue weighted by Crippen LogP contribution is -2.21. The summed E-state index contributed by atoms with van der Waals surface area (Å²) in [6.45, 7) is 3.69. The predicted octanol–water partition coefficient (Wildman–Crippen LogP) is 1.86. The number of esters is 1. The van der Waals surface area contributed by atoms with Gasteiger partial charge in [0, 0.05) is 30.1 Å². The largest absolute Gasteiger partial charge is 0.456 e. The zero-order valence-electron chi connectivity index (χ0n) is 14.0. The van der Waals surface area contributed by atoms with E-state index >= 15 is 0 Å². The topological polar surface area (TPSA) is 91.4 Å². The molecule has 0 bridgehead atoms. The van der Waals surface area contributed by atoms with Gasteiger partial charge in [-0.1, -0.05) is 12.1 Å². The maximum Gasteiger partial charge on any atom is 0.359 e. The molecule has 0 unspecified atom stereocenters. The molecule has 0 radical (unpaired) electrons. The Labute approximate surface area is 142 Å². The number of ether oxygens (including phenoxy) is 1. The van der Waals surface area contributed by atoms with E-state index < -0.39 is 11.6 Å². The van der Waals surface area contributed by atoms with Crippen molar-refractivity contribution in [1.29, 1.82) is 0 Å². The average molecular weight is 340 g/mol. The fourth-order valence-corrected chi connectivity index (χ4v) is 2.47. The van der Waals surface area contributed by atoms with Crippen molar-refractivity contribution in [2.24, 2.45) is 7.05 Å². The van der Waals surface area contributed by atoms with E-state index in [1.54, 1.807) is 0 Å². The summed E-state index contributed by atoms with van der Waals surface area (Å²) in [6, 6.07) is 7.59. The minimum absolute atomic E-state index is 0.0152. The summed E-state index contributed by atoms with van der Waals surface area (Å²) in [6.07, 6.45) is 0. The SMILES string of the molecule is Cc1ccc2c(COC(=O)c3ccc(=O)n(C)n3)cc(=O)oc2c1C. The number of carbonyl (C=O) groups excluding carboxylic acids is 1. The van der Waals surface area contributed by atoms with Crippen LogP contribution in [0.1, 0.15) is 27.2 Å². The third-order valence-electron chi connectivity index (χ3n) is 4.05. The molecule has 0 aliphatic rings. The molecule has 0 saturated carbocycles. The van der Waals surface area contributed by atoms with E-state index in [0.29, 0.717) is 16.5 Å². The van der Waals surface area contributed by atoms with Crippen molar-refractivity contribution in [3.63, 3.8) is 0 Å². The fraction of sp³-hybridized carbons (Fsp3) is 0.222. The van der Waals surface area contributed by atoms with Gasteiger partial charge >= 0.3 is 11.6 Å². The Kier molecular flexibility index (Phi) is 4.22. The van der Waals surface area contributed by atoms with Crippen molar-refractivity contribution < 1.29 is 13.9 Å². The summed E-state index contributed by atoms with van der Waals surface area (Å²) in [5.41, 5.74) is 2.08. The van der Waals surface area contributed by atoms with Gasteiger partial charge in [-0.2, -0.15) is 5.10 Å². The number of benzene rings is 1. The highest BCUT2D eigenvalue weighted by atomic mass is 16.5. The van der Waals surface area contributed by atoms with Gasteiger partial charge < -0.3 is 9.15 Å². The average Bonchev–Trinajstić information content (AvgIpc) is 2.58. The van der Waals surface area contributed by atoms with Crippen molar-refractivity contribution in [2.45, 2.75) is 20.5 Å². The smallest absolute Gasteiger partial charge is 0.359 e. The van der Waals surface area contributed by atoms with Crippen LogP contribution in [0.4, 0.5) is 0 Å². The quantitative estimate of drug-likeness (QED) is 0.534. The molecule has 2 aromatic heterocycles. The zero-order chi connectivity index (χ0) is 18.1. The lowest BCUT2D eigenvalue weighted by molar-refractivity contribution is 0.0464. The molecular formula is C18H16N2O5. The summed E-state index contributed by atoms with van der Waals surface area (Å²) in [7, 11) is 1.44. The van der Waals surface area contributed by atoms with Crippen LogP contribution in [0.15, 0.2) is 44.3 Å². The molecule has 2 heterocycles. The number of fused-ring (bicyclic) bond motifs is 1. The van der Waals surface area contributed by atoms with Crippen LogP contribution in [0.25, 0.3) is 11.0 Å². The van der Waals surface area contributed by atoms with Crippen molar-refractivity contribution in [2.75, 3.05) is 0 Å². The highest BCUT2D eigenvalue weighted by Gasteiger charge is 2.14. The summed E-state index contributed by atoms with van der Waals surface area (Å²) in [5.74, 6) is -0.680. The Morgan fingerprint density at radius 3 is 2.68 bits per heavy atom. The molecule has 0 amide bonds. The Hall–Kier alpha value is -3.22. The maximum atomic E-state index is 12.1. The maximum absolute atomic E-state index is 12.1. The highest BCUT2D eigenvalue weighted by molar-refractivity contribution is 5.87. The number of hydrogen-bond acceptors (Lipinski definition) is 6. The van der Waals surface area contributed by atoms with Gasteiger partial charge in [-0.05, 0) is 31.0 Å². The van der Waals surface area contributed by atoms with E-state index in [2.05, 4.69) is 5.10 Å². The highest BCUT2D eigenvalue weighted by Crippen LogP contribution is 2.23. The Bertz CT molecular complexity index is 1090. The molecular weight excluding hydrogens is 324 g/mol. The number of hydrogen-bond donors (Lipinski definition) is 0. The molecule has 0 aliphatic heterocycles. The normalized spacial score (nSPS) is 10.8. The summed E-state index contributed by atoms with van der Waals surface area (Å²) in [4.78, 5) is 35.2. The molecule has 25 heavy (non-hydrogen) atoms. The molecule has 0 N–H and O–H groups in total. The number of aromatic nitrogens is 2. The van der Waals surface area contributed by atoms with Gasteiger partial charge in [0.25, 0.3) is 5.56 Å². The fourth-order valence-electron chi connectivity index (χ4n) is 2.47. The molecule has 0 saturated heterocycles. The second-order valence-electron chi connectivity index (χ2n) is 5.73. The molecule has 0 fully saturated rings. The van der Waals surface area contributed by atoms with Gasteiger partial charge in [0.05, 0.1) is 0 Å².